The van der Waals surface area contributed by atoms with Gasteiger partial charge in [0.1, 0.15) is 0 Å². The molecule has 0 N–H and O–H groups in total. The van der Waals surface area contributed by atoms with Gasteiger partial charge < -0.3 is 0 Å². The quantitative estimate of drug-likeness (QED) is 0.154. The van der Waals surface area contributed by atoms with Crippen molar-refractivity contribution in [2.75, 3.05) is 0 Å². The Hall–Kier alpha value is -0.662. The van der Waals surface area contributed by atoms with Crippen LogP contribution in [0.1, 0.15) is 22.3 Å². The van der Waals surface area contributed by atoms with Gasteiger partial charge in [-0.2, -0.15) is 14.5 Å². The van der Waals surface area contributed by atoms with Crippen LogP contribution in [0.2, 0.25) is 0 Å². The van der Waals surface area contributed by atoms with Crippen molar-refractivity contribution in [3.05, 3.63) is 87.0 Å². The first kappa shape index (κ1) is 27.6. The molecule has 178 valence electrons. The first-order valence-electron chi connectivity index (χ1n) is 8.86. The zero-order valence-corrected chi connectivity index (χ0v) is 23.0. The van der Waals surface area contributed by atoms with Gasteiger partial charge in [-0.25, -0.2) is 0 Å². The molecule has 0 bridgehead atoms. The van der Waals surface area contributed by atoms with Crippen LogP contribution in [0.4, 0.5) is 26.3 Å². The average Bonchev–Trinajstić information content (AvgIpc) is 3.00. The molecule has 0 radical (unpaired) electrons. The molecule has 32 heavy (non-hydrogen) atoms. The van der Waals surface area contributed by atoms with Crippen molar-refractivity contribution in [2.45, 2.75) is 25.4 Å². The van der Waals surface area contributed by atoms with E-state index >= 15 is 0 Å². The van der Waals surface area contributed by atoms with Crippen molar-refractivity contribution in [3.8, 4) is 0 Å². The summed E-state index contributed by atoms with van der Waals surface area (Å²) in [7, 11) is 1.92. The van der Waals surface area contributed by atoms with E-state index in [0.29, 0.717) is 13.1 Å². The van der Waals surface area contributed by atoms with Gasteiger partial charge in [-0.05, 0) is 17.7 Å². The number of aromatic nitrogens is 2. The van der Waals surface area contributed by atoms with Crippen LogP contribution in [0.15, 0.2) is 60.9 Å². The smallest absolute Gasteiger partial charge is 0.184 e. The minimum absolute atomic E-state index is 0.567. The first-order chi connectivity index (χ1) is 14.8. The summed E-state index contributed by atoms with van der Waals surface area (Å²) in [6.45, 7) is 1.19. The number of benzene rings is 2. The summed E-state index contributed by atoms with van der Waals surface area (Å²) in [6.07, 6.45) is -4.70. The van der Waals surface area contributed by atoms with E-state index in [1.165, 1.54) is 24.3 Å². The Kier molecular flexibility index (Phi) is 10.0. The van der Waals surface area contributed by atoms with Crippen molar-refractivity contribution in [2.24, 2.45) is 7.05 Å². The second-order valence-electron chi connectivity index (χ2n) is 6.63. The van der Waals surface area contributed by atoms with Gasteiger partial charge in [0, 0.05) is 52.3 Å². The molecule has 3 aromatic rings. The van der Waals surface area contributed by atoms with E-state index in [-0.39, 0.29) is 0 Å². The Morgan fingerprint density at radius 3 is 1.56 bits per heavy atom. The first-order valence-corrected chi connectivity index (χ1v) is 11.9. The molecule has 1 heterocycles. The largest absolute Gasteiger partial charge is 0.416 e. The summed E-state index contributed by atoms with van der Waals surface area (Å²) in [5.74, 6) is 0. The van der Waals surface area contributed by atoms with Crippen LogP contribution < -0.4 is 0 Å². The maximum atomic E-state index is 12.4. The fourth-order valence-electron chi connectivity index (χ4n) is 2.54. The van der Waals surface area contributed by atoms with Crippen molar-refractivity contribution in [1.82, 2.24) is 10.5 Å². The molecule has 3 rings (SSSR count). The molecule has 0 aliphatic heterocycles. The number of aryl methyl sites for hydroxylation is 1. The molecule has 0 saturated carbocycles. The fraction of sp³-hybridized carbons (Fsp3) is 0.250. The monoisotopic (exact) mass is 862 g/mol. The summed E-state index contributed by atoms with van der Waals surface area (Å²) >= 11 is 6.31. The van der Waals surface area contributed by atoms with Crippen molar-refractivity contribution >= 4 is 45.7 Å². The van der Waals surface area contributed by atoms with E-state index in [1.54, 1.807) is 0 Å². The summed E-state index contributed by atoms with van der Waals surface area (Å²) < 4.78 is 80.5. The number of hydrogen-bond donors (Lipinski definition) is 0. The average molecular weight is 862 g/mol. The predicted octanol–water partition coefficient (Wildman–Crippen LogP) is 7.18. The standard InChI is InChI=1S/C12H11F3N2.C8H6F3I2N.Pt/c1-16-6-7-17(9-16)8-10-2-4-11(5-3-10)12(13,14)15;9-8(10,11)7-3-1-6(2-4-7)5-14(12)13;/h2-7H,8H2,1H3;1-4H,5H2;. The van der Waals surface area contributed by atoms with Crippen LogP contribution in [0.5, 0.6) is 0 Å². The van der Waals surface area contributed by atoms with E-state index in [0.717, 1.165) is 39.2 Å². The molecule has 0 amide bonds. The number of imidazole rings is 1. The van der Waals surface area contributed by atoms with Crippen LogP contribution in [-0.2, 0) is 51.8 Å². The van der Waals surface area contributed by atoms with Crippen molar-refractivity contribution < 1.29 is 45.7 Å². The van der Waals surface area contributed by atoms with E-state index in [9.17, 15) is 26.3 Å². The molecular weight excluding hydrogens is 845 g/mol. The molecule has 0 unspecified atom stereocenters. The van der Waals surface area contributed by atoms with Crippen LogP contribution in [0, 0.1) is 3.80 Å². The van der Waals surface area contributed by atoms with Crippen molar-refractivity contribution in [3.63, 3.8) is 0 Å². The predicted molar refractivity (Wildman–Crippen MR) is 122 cm³/mol. The third-order valence-electron chi connectivity index (χ3n) is 4.18. The Morgan fingerprint density at radius 1 is 0.781 bits per heavy atom. The van der Waals surface area contributed by atoms with Gasteiger partial charge in [-0.3, -0.25) is 0 Å². The zero-order valence-electron chi connectivity index (χ0n) is 16.4. The molecule has 0 atom stereocenters. The Bertz CT molecular complexity index is 1060. The summed E-state index contributed by atoms with van der Waals surface area (Å²) in [6, 6.07) is 10.5. The minimum Gasteiger partial charge on any atom is -0.184 e. The van der Waals surface area contributed by atoms with Crippen molar-refractivity contribution in [1.29, 1.82) is 0 Å². The third kappa shape index (κ3) is 8.60. The molecule has 0 aliphatic carbocycles. The van der Waals surface area contributed by atoms with Gasteiger partial charge in [-0.15, -0.1) is 0 Å². The zero-order chi connectivity index (χ0) is 24.1. The van der Waals surface area contributed by atoms with E-state index in [4.69, 9.17) is 0 Å². The Labute approximate surface area is 219 Å². The van der Waals surface area contributed by atoms with Gasteiger partial charge in [0.2, 0.25) is 0 Å². The second-order valence-corrected chi connectivity index (χ2v) is 11.8. The summed E-state index contributed by atoms with van der Waals surface area (Å²) in [5.41, 5.74) is 0.494. The van der Waals surface area contributed by atoms with E-state index in [1.807, 2.05) is 29.9 Å². The Morgan fingerprint density at radius 2 is 1.22 bits per heavy atom. The van der Waals surface area contributed by atoms with Gasteiger partial charge in [-0.1, -0.05) is 12.1 Å². The topological polar surface area (TPSA) is 13.1 Å². The fourth-order valence-corrected chi connectivity index (χ4v) is 3.85. The minimum atomic E-state index is -4.27. The Balaban J connectivity index is 0.000000235. The van der Waals surface area contributed by atoms with Gasteiger partial charge in [0.05, 0.1) is 5.56 Å². The van der Waals surface area contributed by atoms with Gasteiger partial charge >= 0.3 is 119 Å². The molecule has 1 aromatic heterocycles. The third-order valence-corrected chi connectivity index (χ3v) is 6.31. The molecule has 0 saturated heterocycles. The SMILES string of the molecule is Cn1ccn(Cc2ccc(C(F)(F)F)cc2)[c]1=[Pt].FC(F)(F)c1ccc(CN(I)I)cc1. The maximum absolute atomic E-state index is 12.4. The summed E-state index contributed by atoms with van der Waals surface area (Å²) in [5, 5.41) is 0. The number of alkyl halides is 6. The molecule has 2 aromatic carbocycles. The molecule has 12 heteroatoms. The number of nitrogens with zero attached hydrogens (tertiary/aromatic N) is 3. The van der Waals surface area contributed by atoms with Gasteiger partial charge in [0.15, 0.2) is 0 Å². The molecular formula is C20H17F6I2N3Pt. The second kappa shape index (κ2) is 11.7. The number of rotatable bonds is 4. The molecule has 3 nitrogen and oxygen atoms in total. The van der Waals surface area contributed by atoms with E-state index in [2.05, 4.69) is 65.1 Å². The van der Waals surface area contributed by atoms with Gasteiger partial charge in [0.25, 0.3) is 0 Å². The number of hydrogen-bond acceptors (Lipinski definition) is 1. The molecule has 0 spiro atoms. The normalized spacial score (nSPS) is 12.0. The number of halogens is 8. The van der Waals surface area contributed by atoms with Crippen LogP contribution >= 0.6 is 45.7 Å². The molecule has 0 fully saturated rings. The molecule has 0 aliphatic rings. The van der Waals surface area contributed by atoms with Crippen LogP contribution in [0.3, 0.4) is 0 Å². The van der Waals surface area contributed by atoms with Crippen LogP contribution in [-0.4, -0.2) is 10.5 Å². The van der Waals surface area contributed by atoms with E-state index < -0.39 is 23.5 Å². The van der Waals surface area contributed by atoms with Crippen LogP contribution in [0.25, 0.3) is 0 Å². The summed E-state index contributed by atoms with van der Waals surface area (Å²) in [4.78, 5) is 0. The maximum Gasteiger partial charge on any atom is 0.416 e.